The van der Waals surface area contributed by atoms with Crippen molar-refractivity contribution in [2.45, 2.75) is 32.6 Å². The molecule has 2 N–H and O–H groups in total. The predicted octanol–water partition coefficient (Wildman–Crippen LogP) is 3.58. The van der Waals surface area contributed by atoms with Crippen LogP contribution in [-0.2, 0) is 24.6 Å². The summed E-state index contributed by atoms with van der Waals surface area (Å²) in [6.45, 7) is 2.64. The quantitative estimate of drug-likeness (QED) is 0.704. The van der Waals surface area contributed by atoms with E-state index in [0.717, 1.165) is 36.3 Å². The number of rotatable bonds is 8. The van der Waals surface area contributed by atoms with E-state index in [-0.39, 0.29) is 6.03 Å². The van der Waals surface area contributed by atoms with Crippen LogP contribution in [0.4, 0.5) is 10.5 Å². The van der Waals surface area contributed by atoms with Crippen LogP contribution >= 0.6 is 11.3 Å². The van der Waals surface area contributed by atoms with Crippen LogP contribution in [0.1, 0.15) is 40.0 Å². The maximum Gasteiger partial charge on any atom is 0.350 e. The highest BCUT2D eigenvalue weighted by Crippen LogP contribution is 2.29. The molecule has 0 bridgehead atoms. The van der Waals surface area contributed by atoms with Crippen molar-refractivity contribution in [2.75, 3.05) is 19.0 Å². The van der Waals surface area contributed by atoms with Gasteiger partial charge in [-0.25, -0.2) is 9.59 Å². The molecule has 136 valence electrons. The van der Waals surface area contributed by atoms with Gasteiger partial charge in [0.2, 0.25) is 0 Å². The third-order valence-electron chi connectivity index (χ3n) is 3.90. The van der Waals surface area contributed by atoms with Crippen molar-refractivity contribution in [3.63, 3.8) is 0 Å². The molecule has 0 spiro atoms. The Morgan fingerprint density at radius 1 is 1.32 bits per heavy atom. The van der Waals surface area contributed by atoms with Crippen molar-refractivity contribution < 1.29 is 14.3 Å². The van der Waals surface area contributed by atoms with Crippen LogP contribution in [0.2, 0.25) is 0 Å². The van der Waals surface area contributed by atoms with Gasteiger partial charge in [0.25, 0.3) is 0 Å². The first-order valence-electron chi connectivity index (χ1n) is 8.41. The summed E-state index contributed by atoms with van der Waals surface area (Å²) >= 11 is 1.38. The molecule has 7 heteroatoms. The number of methoxy groups -OCH3 is 1. The minimum absolute atomic E-state index is 0.320. The second-order valence-electron chi connectivity index (χ2n) is 5.79. The molecule has 0 radical (unpaired) electrons. The molecule has 2 rings (SSSR count). The average molecular weight is 363 g/mol. The molecule has 2 amide bonds. The van der Waals surface area contributed by atoms with Gasteiger partial charge in [-0.1, -0.05) is 13.3 Å². The number of carbonyl (C=O) groups excluding carboxylic acids is 2. The normalized spacial score (nSPS) is 10.5. The van der Waals surface area contributed by atoms with Gasteiger partial charge in [0, 0.05) is 36.8 Å². The molecule has 2 aromatic rings. The number of amides is 2. The van der Waals surface area contributed by atoms with Gasteiger partial charge in [0.1, 0.15) is 4.88 Å². The third-order valence-corrected chi connectivity index (χ3v) is 5.07. The summed E-state index contributed by atoms with van der Waals surface area (Å²) in [5, 5.41) is 5.59. The van der Waals surface area contributed by atoms with Crippen LogP contribution < -0.4 is 10.6 Å². The third kappa shape index (κ3) is 5.35. The van der Waals surface area contributed by atoms with Gasteiger partial charge in [-0.05, 0) is 31.0 Å². The molecule has 0 atom stereocenters. The van der Waals surface area contributed by atoms with E-state index in [9.17, 15) is 9.59 Å². The van der Waals surface area contributed by atoms with Crippen LogP contribution in [0.25, 0.3) is 0 Å². The highest BCUT2D eigenvalue weighted by Gasteiger charge is 2.18. The van der Waals surface area contributed by atoms with Gasteiger partial charge < -0.3 is 19.9 Å². The molecule has 0 saturated heterocycles. The molecular weight excluding hydrogens is 338 g/mol. The van der Waals surface area contributed by atoms with Crippen LogP contribution in [-0.4, -0.2) is 30.2 Å². The first kappa shape index (κ1) is 19.1. The maximum absolute atomic E-state index is 12.1. The number of hydrogen-bond acceptors (Lipinski definition) is 4. The zero-order valence-electron chi connectivity index (χ0n) is 14.9. The zero-order valence-corrected chi connectivity index (χ0v) is 15.7. The topological polar surface area (TPSA) is 72.4 Å². The van der Waals surface area contributed by atoms with E-state index in [1.165, 1.54) is 18.4 Å². The molecule has 0 aliphatic rings. The van der Waals surface area contributed by atoms with Gasteiger partial charge in [0.05, 0.1) is 12.8 Å². The Kier molecular flexibility index (Phi) is 7.06. The van der Waals surface area contributed by atoms with Crippen molar-refractivity contribution in [1.29, 1.82) is 0 Å². The minimum Gasteiger partial charge on any atom is -0.465 e. The van der Waals surface area contributed by atoms with E-state index in [4.69, 9.17) is 4.74 Å². The second-order valence-corrected chi connectivity index (χ2v) is 6.93. The van der Waals surface area contributed by atoms with Crippen molar-refractivity contribution in [2.24, 2.45) is 7.05 Å². The summed E-state index contributed by atoms with van der Waals surface area (Å²) in [5.41, 5.74) is 1.66. The standard InChI is InChI=1S/C18H25N3O3S/c1-4-5-8-14-12-15(16(25-14)17(22)24-3)20-18(23)19-10-9-13-7-6-11-21(13)2/h6-7,11-12H,4-5,8-10H2,1-3H3,(H2,19,20,23). The lowest BCUT2D eigenvalue weighted by Gasteiger charge is -2.08. The molecule has 6 nitrogen and oxygen atoms in total. The highest BCUT2D eigenvalue weighted by atomic mass is 32.1. The summed E-state index contributed by atoms with van der Waals surface area (Å²) in [7, 11) is 3.32. The lowest BCUT2D eigenvalue weighted by Crippen LogP contribution is -2.31. The van der Waals surface area contributed by atoms with Crippen molar-refractivity contribution >= 4 is 29.0 Å². The molecule has 2 heterocycles. The number of urea groups is 1. The molecule has 25 heavy (non-hydrogen) atoms. The van der Waals surface area contributed by atoms with E-state index >= 15 is 0 Å². The lowest BCUT2D eigenvalue weighted by atomic mass is 10.2. The van der Waals surface area contributed by atoms with E-state index in [1.54, 1.807) is 0 Å². The summed E-state index contributed by atoms with van der Waals surface area (Å²) in [4.78, 5) is 25.6. The molecule has 0 aliphatic carbocycles. The average Bonchev–Trinajstić information content (AvgIpc) is 3.18. The van der Waals surface area contributed by atoms with Crippen LogP contribution in [0.15, 0.2) is 24.4 Å². The smallest absolute Gasteiger partial charge is 0.350 e. The van der Waals surface area contributed by atoms with Crippen LogP contribution in [0.3, 0.4) is 0 Å². The maximum atomic E-state index is 12.1. The predicted molar refractivity (Wildman–Crippen MR) is 100 cm³/mol. The number of thiophene rings is 1. The Balaban J connectivity index is 1.94. The molecule has 0 aromatic carbocycles. The fourth-order valence-electron chi connectivity index (χ4n) is 2.48. The summed E-state index contributed by atoms with van der Waals surface area (Å²) in [5.74, 6) is -0.424. The molecular formula is C18H25N3O3S. The number of anilines is 1. The Bertz CT molecular complexity index is 721. The lowest BCUT2D eigenvalue weighted by molar-refractivity contribution is 0.0607. The minimum atomic E-state index is -0.424. The molecule has 0 fully saturated rings. The van der Waals surface area contributed by atoms with Crippen LogP contribution in [0, 0.1) is 0 Å². The number of hydrogen-bond donors (Lipinski definition) is 2. The van der Waals surface area contributed by atoms with Gasteiger partial charge in [-0.3, -0.25) is 0 Å². The number of esters is 1. The molecule has 2 aromatic heterocycles. The Morgan fingerprint density at radius 3 is 2.76 bits per heavy atom. The Labute approximate surface area is 152 Å². The Morgan fingerprint density at radius 2 is 2.12 bits per heavy atom. The summed E-state index contributed by atoms with van der Waals surface area (Å²) in [6, 6.07) is 5.54. The van der Waals surface area contributed by atoms with E-state index in [0.29, 0.717) is 17.1 Å². The largest absolute Gasteiger partial charge is 0.465 e. The van der Waals surface area contributed by atoms with Gasteiger partial charge in [-0.2, -0.15) is 0 Å². The van der Waals surface area contributed by atoms with Crippen molar-refractivity contribution in [3.05, 3.63) is 39.8 Å². The van der Waals surface area contributed by atoms with E-state index < -0.39 is 5.97 Å². The van der Waals surface area contributed by atoms with Crippen molar-refractivity contribution in [1.82, 2.24) is 9.88 Å². The molecule has 0 unspecified atom stereocenters. The summed E-state index contributed by atoms with van der Waals surface area (Å²) < 4.78 is 6.84. The second kappa shape index (κ2) is 9.27. The van der Waals surface area contributed by atoms with Gasteiger partial charge in [-0.15, -0.1) is 11.3 Å². The van der Waals surface area contributed by atoms with Crippen molar-refractivity contribution in [3.8, 4) is 0 Å². The number of ether oxygens (including phenoxy) is 1. The molecule has 0 saturated carbocycles. The number of carbonyl (C=O) groups is 2. The van der Waals surface area contributed by atoms with E-state index in [1.807, 2.05) is 36.0 Å². The number of nitrogens with one attached hydrogen (secondary N) is 2. The first-order chi connectivity index (χ1) is 12.0. The SMILES string of the molecule is CCCCc1cc(NC(=O)NCCc2cccn2C)c(C(=O)OC)s1. The fraction of sp³-hybridized carbons (Fsp3) is 0.444. The number of nitrogens with zero attached hydrogens (tertiary/aromatic N) is 1. The highest BCUT2D eigenvalue weighted by molar-refractivity contribution is 7.14. The monoisotopic (exact) mass is 363 g/mol. The fourth-order valence-corrected chi connectivity index (χ4v) is 3.55. The van der Waals surface area contributed by atoms with Crippen LogP contribution in [0.5, 0.6) is 0 Å². The zero-order chi connectivity index (χ0) is 18.2. The summed E-state index contributed by atoms with van der Waals surface area (Å²) in [6.07, 6.45) is 5.73. The van der Waals surface area contributed by atoms with E-state index in [2.05, 4.69) is 17.6 Å². The first-order valence-corrected chi connectivity index (χ1v) is 9.22. The number of unbranched alkanes of at least 4 members (excludes halogenated alkanes) is 1. The van der Waals surface area contributed by atoms with Gasteiger partial charge >= 0.3 is 12.0 Å². The number of aromatic nitrogens is 1. The number of aryl methyl sites for hydroxylation is 2. The molecule has 0 aliphatic heterocycles. The van der Waals surface area contributed by atoms with Gasteiger partial charge in [0.15, 0.2) is 0 Å². The Hall–Kier alpha value is -2.28.